The molecule has 5 fully saturated rings. The van der Waals surface area contributed by atoms with E-state index in [1.54, 1.807) is 18.4 Å². The fourth-order valence-electron chi connectivity index (χ4n) is 7.36. The molecule has 1 amide bonds. The number of rotatable bonds is 7. The van der Waals surface area contributed by atoms with Gasteiger partial charge in [0.1, 0.15) is 5.75 Å². The molecule has 1 aliphatic heterocycles. The van der Waals surface area contributed by atoms with Gasteiger partial charge in [0, 0.05) is 26.2 Å². The molecule has 0 unspecified atom stereocenters. The van der Waals surface area contributed by atoms with Crippen LogP contribution in [0.2, 0.25) is 0 Å². The molecule has 7 rings (SSSR count). The average Bonchev–Trinajstić information content (AvgIpc) is 3.24. The number of morpholine rings is 1. The molecule has 0 spiro atoms. The first-order valence-electron chi connectivity index (χ1n) is 12.7. The number of aromatic nitrogens is 1. The van der Waals surface area contributed by atoms with Gasteiger partial charge in [-0.05, 0) is 80.9 Å². The Kier molecular flexibility index (Phi) is 7.09. The number of hydrogen-bond donors (Lipinski definition) is 0. The van der Waals surface area contributed by atoms with Crippen molar-refractivity contribution in [2.24, 2.45) is 23.2 Å². The van der Waals surface area contributed by atoms with Gasteiger partial charge < -0.3 is 9.47 Å². The molecule has 6 nitrogen and oxygen atoms in total. The molecule has 2 heterocycles. The van der Waals surface area contributed by atoms with Crippen LogP contribution in [0.15, 0.2) is 18.2 Å². The number of carbonyl (C=O) groups excluding carboxylic acids is 1. The normalized spacial score (nSPS) is 30.3. The molecule has 186 valence electrons. The number of anilines is 1. The number of thiazole rings is 1. The number of benzene rings is 1. The predicted octanol–water partition coefficient (Wildman–Crippen LogP) is 5.00. The first-order valence-corrected chi connectivity index (χ1v) is 13.5. The minimum Gasteiger partial charge on any atom is -0.497 e. The first-order chi connectivity index (χ1) is 16.1. The van der Waals surface area contributed by atoms with Crippen molar-refractivity contribution in [2.75, 3.05) is 51.4 Å². The summed E-state index contributed by atoms with van der Waals surface area (Å²) < 4.78 is 12.0. The monoisotopic (exact) mass is 505 g/mol. The summed E-state index contributed by atoms with van der Waals surface area (Å²) in [6.45, 7) is 5.36. The zero-order valence-corrected chi connectivity index (χ0v) is 21.7. The largest absolute Gasteiger partial charge is 0.497 e. The van der Waals surface area contributed by atoms with Crippen LogP contribution in [-0.4, -0.2) is 62.3 Å². The van der Waals surface area contributed by atoms with Gasteiger partial charge in [-0.1, -0.05) is 11.3 Å². The maximum absolute atomic E-state index is 14.3. The highest BCUT2D eigenvalue weighted by Gasteiger charge is 2.56. The highest BCUT2D eigenvalue weighted by molar-refractivity contribution is 7.22. The Bertz CT molecular complexity index is 987. The van der Waals surface area contributed by atoms with Crippen LogP contribution in [0, 0.1) is 23.2 Å². The maximum atomic E-state index is 14.3. The van der Waals surface area contributed by atoms with Crippen molar-refractivity contribution in [3.63, 3.8) is 0 Å². The third-order valence-corrected chi connectivity index (χ3v) is 9.55. The lowest BCUT2D eigenvalue weighted by Gasteiger charge is -2.56. The zero-order chi connectivity index (χ0) is 22.4. The van der Waals surface area contributed by atoms with E-state index in [4.69, 9.17) is 14.5 Å². The Morgan fingerprint density at radius 3 is 2.50 bits per heavy atom. The maximum Gasteiger partial charge on any atom is 0.235 e. The van der Waals surface area contributed by atoms with Crippen molar-refractivity contribution in [2.45, 2.75) is 44.9 Å². The molecule has 1 aromatic heterocycles. The zero-order valence-electron chi connectivity index (χ0n) is 20.0. The fourth-order valence-corrected chi connectivity index (χ4v) is 8.37. The van der Waals surface area contributed by atoms with E-state index < -0.39 is 0 Å². The Hall–Kier alpha value is -1.41. The van der Waals surface area contributed by atoms with E-state index in [9.17, 15) is 4.79 Å². The van der Waals surface area contributed by atoms with Gasteiger partial charge in [0.15, 0.2) is 5.13 Å². The van der Waals surface area contributed by atoms with Gasteiger partial charge in [-0.3, -0.25) is 14.6 Å². The van der Waals surface area contributed by atoms with Crippen LogP contribution in [0.25, 0.3) is 10.2 Å². The van der Waals surface area contributed by atoms with Crippen LogP contribution in [0.4, 0.5) is 5.13 Å². The van der Waals surface area contributed by atoms with Crippen molar-refractivity contribution in [3.05, 3.63) is 18.2 Å². The van der Waals surface area contributed by atoms with Gasteiger partial charge in [-0.15, -0.1) is 12.4 Å². The van der Waals surface area contributed by atoms with Crippen LogP contribution < -0.4 is 9.64 Å². The summed E-state index contributed by atoms with van der Waals surface area (Å²) in [5, 5.41) is 0.862. The number of nitrogens with zero attached hydrogens (tertiary/aromatic N) is 3. The number of fused-ring (bicyclic) bond motifs is 1. The lowest BCUT2D eigenvalue weighted by molar-refractivity contribution is -0.143. The van der Waals surface area contributed by atoms with Gasteiger partial charge in [-0.2, -0.15) is 0 Å². The number of ether oxygens (including phenoxy) is 2. The van der Waals surface area contributed by atoms with Crippen LogP contribution in [0.1, 0.15) is 44.9 Å². The predicted molar refractivity (Wildman–Crippen MR) is 138 cm³/mol. The molecule has 8 heteroatoms. The molecule has 1 aromatic carbocycles. The molecular formula is C26H36ClN3O3S. The van der Waals surface area contributed by atoms with Crippen molar-refractivity contribution in [1.29, 1.82) is 0 Å². The van der Waals surface area contributed by atoms with Crippen molar-refractivity contribution in [1.82, 2.24) is 9.88 Å². The van der Waals surface area contributed by atoms with Gasteiger partial charge in [0.25, 0.3) is 0 Å². The number of hydrogen-bond acceptors (Lipinski definition) is 6. The Morgan fingerprint density at radius 1 is 1.18 bits per heavy atom. The first kappa shape index (κ1) is 24.3. The Balaban J connectivity index is 0.00000241. The standard InChI is InChI=1S/C26H35N3O3S.ClH/c1-31-21-3-4-22-23(14-21)33-25(27-22)29(6-2-5-28-7-9-32-10-8-28)24(30)26-15-18-11-19(16-26)13-20(12-18)17-26;/h3-4,14,18-20H,2,5-13,15-17H2,1H3;1H. The van der Waals surface area contributed by atoms with Gasteiger partial charge in [-0.25, -0.2) is 4.98 Å². The van der Waals surface area contributed by atoms with E-state index in [1.807, 2.05) is 18.2 Å². The number of halogens is 1. The second-order valence-corrected chi connectivity index (χ2v) is 11.8. The number of methoxy groups -OCH3 is 1. The van der Waals surface area contributed by atoms with E-state index in [1.165, 1.54) is 19.3 Å². The molecule has 34 heavy (non-hydrogen) atoms. The quantitative estimate of drug-likeness (QED) is 0.530. The van der Waals surface area contributed by atoms with Gasteiger partial charge in [0.2, 0.25) is 5.91 Å². The molecule has 2 aromatic rings. The molecule has 4 bridgehead atoms. The third-order valence-electron chi connectivity index (χ3n) is 8.51. The number of carbonyl (C=O) groups is 1. The second-order valence-electron chi connectivity index (χ2n) is 10.8. The highest BCUT2D eigenvalue weighted by atomic mass is 35.5. The number of amides is 1. The molecule has 5 aliphatic rings. The van der Waals surface area contributed by atoms with E-state index in [0.29, 0.717) is 5.91 Å². The smallest absolute Gasteiger partial charge is 0.235 e. The lowest BCUT2D eigenvalue weighted by atomic mass is 9.49. The van der Waals surface area contributed by atoms with Gasteiger partial charge in [0.05, 0.1) is 36.0 Å². The summed E-state index contributed by atoms with van der Waals surface area (Å²) in [5.41, 5.74) is 0.802. The minimum atomic E-state index is -0.150. The average molecular weight is 506 g/mol. The van der Waals surface area contributed by atoms with Crippen LogP contribution in [0.3, 0.4) is 0 Å². The molecular weight excluding hydrogens is 470 g/mol. The summed E-state index contributed by atoms with van der Waals surface area (Å²) in [6, 6.07) is 6.00. The van der Waals surface area contributed by atoms with E-state index in [2.05, 4.69) is 9.80 Å². The molecule has 0 atom stereocenters. The molecule has 4 saturated carbocycles. The summed E-state index contributed by atoms with van der Waals surface area (Å²) in [4.78, 5) is 23.8. The molecule has 0 N–H and O–H groups in total. The molecule has 4 aliphatic carbocycles. The van der Waals surface area contributed by atoms with Crippen molar-refractivity contribution in [3.8, 4) is 5.75 Å². The third kappa shape index (κ3) is 4.57. The summed E-state index contributed by atoms with van der Waals surface area (Å²) >= 11 is 1.63. The fraction of sp³-hybridized carbons (Fsp3) is 0.692. The molecule has 1 saturated heterocycles. The second kappa shape index (κ2) is 9.92. The molecule has 0 radical (unpaired) electrons. The minimum absolute atomic E-state index is 0. The Morgan fingerprint density at radius 2 is 1.85 bits per heavy atom. The van der Waals surface area contributed by atoms with Crippen LogP contribution >= 0.6 is 23.7 Å². The van der Waals surface area contributed by atoms with Crippen molar-refractivity contribution < 1.29 is 14.3 Å². The van der Waals surface area contributed by atoms with Gasteiger partial charge >= 0.3 is 0 Å². The van der Waals surface area contributed by atoms with Crippen LogP contribution in [-0.2, 0) is 9.53 Å². The van der Waals surface area contributed by atoms with E-state index >= 15 is 0 Å². The summed E-state index contributed by atoms with van der Waals surface area (Å²) in [5.74, 6) is 3.47. The van der Waals surface area contributed by atoms with Crippen molar-refractivity contribution >= 4 is 45.0 Å². The SMILES string of the molecule is COc1ccc2nc(N(CCCN3CCOCC3)C(=O)C34CC5CC(CC(C5)C3)C4)sc2c1.Cl. The van der Waals surface area contributed by atoms with Crippen LogP contribution in [0.5, 0.6) is 5.75 Å². The topological polar surface area (TPSA) is 54.9 Å². The van der Waals surface area contributed by atoms with E-state index in [-0.39, 0.29) is 17.8 Å². The lowest BCUT2D eigenvalue weighted by Crippen LogP contribution is -2.55. The van der Waals surface area contributed by atoms with E-state index in [0.717, 1.165) is 104 Å². The Labute approximate surface area is 212 Å². The summed E-state index contributed by atoms with van der Waals surface area (Å²) in [7, 11) is 1.69. The summed E-state index contributed by atoms with van der Waals surface area (Å²) in [6.07, 6.45) is 8.31. The highest BCUT2D eigenvalue weighted by Crippen LogP contribution is 2.60.